The number of benzene rings is 1. The predicted molar refractivity (Wildman–Crippen MR) is 57.9 cm³/mol. The van der Waals surface area contributed by atoms with Crippen LogP contribution in [0.1, 0.15) is 17.9 Å². The molecule has 0 saturated carbocycles. The first-order valence-corrected chi connectivity index (χ1v) is 5.30. The first kappa shape index (κ1) is 11.2. The number of carboxylic acids is 1. The Morgan fingerprint density at radius 2 is 2.31 bits per heavy atom. The summed E-state index contributed by atoms with van der Waals surface area (Å²) in [7, 11) is 0. The number of aliphatic hydroxyl groups excluding tert-OH is 1. The molecule has 1 aromatic rings. The lowest BCUT2D eigenvalue weighted by molar-refractivity contribution is -0.148. The molecule has 2 N–H and O–H groups in total. The number of fused-ring (bicyclic) bond motifs is 1. The lowest BCUT2D eigenvalue weighted by Gasteiger charge is -2.27. The maximum Gasteiger partial charge on any atom is 0.333 e. The summed E-state index contributed by atoms with van der Waals surface area (Å²) in [5.41, 5.74) is 0.700. The van der Waals surface area contributed by atoms with E-state index in [1.807, 2.05) is 0 Å². The maximum absolute atomic E-state index is 10.8. The molecular formula is C11H11ClO4. The Labute approximate surface area is 97.4 Å². The summed E-state index contributed by atoms with van der Waals surface area (Å²) in [6.45, 7) is 0.391. The largest absolute Gasteiger partial charge is 0.493 e. The van der Waals surface area contributed by atoms with Crippen molar-refractivity contribution in [3.05, 3.63) is 28.8 Å². The summed E-state index contributed by atoms with van der Waals surface area (Å²) < 4.78 is 5.38. The predicted octanol–water partition coefficient (Wildman–Crippen LogP) is 1.65. The third-order valence-electron chi connectivity index (χ3n) is 2.70. The minimum absolute atomic E-state index is 0.391. The Morgan fingerprint density at radius 1 is 1.56 bits per heavy atom. The minimum Gasteiger partial charge on any atom is -0.493 e. The Balaban J connectivity index is 2.36. The van der Waals surface area contributed by atoms with Crippen LogP contribution in [0.3, 0.4) is 0 Å². The molecule has 0 saturated heterocycles. The summed E-state index contributed by atoms with van der Waals surface area (Å²) in [5.74, 6) is -1.09. The van der Waals surface area contributed by atoms with Gasteiger partial charge in [-0.3, -0.25) is 0 Å². The van der Waals surface area contributed by atoms with Gasteiger partial charge in [-0.1, -0.05) is 17.7 Å². The number of halogens is 1. The van der Waals surface area contributed by atoms with Crippen molar-refractivity contribution >= 4 is 17.6 Å². The van der Waals surface area contributed by atoms with Crippen molar-refractivity contribution in [3.63, 3.8) is 0 Å². The van der Waals surface area contributed by atoms with Crippen LogP contribution in [0, 0.1) is 0 Å². The van der Waals surface area contributed by atoms with Gasteiger partial charge in [0.15, 0.2) is 6.10 Å². The van der Waals surface area contributed by atoms with E-state index in [1.165, 1.54) is 0 Å². The van der Waals surface area contributed by atoms with Gasteiger partial charge in [0, 0.05) is 16.5 Å². The molecule has 1 aliphatic heterocycles. The van der Waals surface area contributed by atoms with Crippen molar-refractivity contribution < 1.29 is 19.7 Å². The van der Waals surface area contributed by atoms with Crippen molar-refractivity contribution in [2.24, 2.45) is 0 Å². The summed E-state index contributed by atoms with van der Waals surface area (Å²) in [5, 5.41) is 18.9. The van der Waals surface area contributed by atoms with Gasteiger partial charge in [-0.05, 0) is 18.6 Å². The van der Waals surface area contributed by atoms with Crippen LogP contribution in [0.2, 0.25) is 5.02 Å². The fourth-order valence-corrected chi connectivity index (χ4v) is 2.05. The summed E-state index contributed by atoms with van der Waals surface area (Å²) in [6.07, 6.45) is -0.911. The number of hydrogen-bond donors (Lipinski definition) is 2. The summed E-state index contributed by atoms with van der Waals surface area (Å²) in [6, 6.07) is 5.00. The Bertz CT molecular complexity index is 418. The number of aliphatic hydroxyl groups is 1. The van der Waals surface area contributed by atoms with Gasteiger partial charge < -0.3 is 14.9 Å². The molecule has 1 aliphatic rings. The normalized spacial score (nSPS) is 20.8. The smallest absolute Gasteiger partial charge is 0.333 e. The van der Waals surface area contributed by atoms with Crippen LogP contribution in [0.4, 0.5) is 0 Å². The number of rotatable bonds is 2. The standard InChI is InChI=1S/C11H11ClO4/c12-6-1-2-7-8(10(13)11(14)15)3-4-16-9(7)5-6/h1-2,5,8,10,13H,3-4H2,(H,14,15). The fourth-order valence-electron chi connectivity index (χ4n) is 1.89. The van der Waals surface area contributed by atoms with Crippen molar-refractivity contribution in [1.29, 1.82) is 0 Å². The van der Waals surface area contributed by atoms with E-state index in [1.54, 1.807) is 18.2 Å². The first-order chi connectivity index (χ1) is 7.59. The minimum atomic E-state index is -1.40. The van der Waals surface area contributed by atoms with E-state index < -0.39 is 18.0 Å². The Morgan fingerprint density at radius 3 is 3.00 bits per heavy atom. The maximum atomic E-state index is 10.8. The monoisotopic (exact) mass is 242 g/mol. The van der Waals surface area contributed by atoms with Gasteiger partial charge in [0.2, 0.25) is 0 Å². The zero-order valence-electron chi connectivity index (χ0n) is 8.39. The lowest BCUT2D eigenvalue weighted by Crippen LogP contribution is -2.31. The number of hydrogen-bond acceptors (Lipinski definition) is 3. The van der Waals surface area contributed by atoms with E-state index in [4.69, 9.17) is 21.4 Å². The van der Waals surface area contributed by atoms with Gasteiger partial charge in [0.25, 0.3) is 0 Å². The third kappa shape index (κ3) is 1.99. The van der Waals surface area contributed by atoms with Crippen LogP contribution in [0.15, 0.2) is 18.2 Å². The molecule has 5 heteroatoms. The highest BCUT2D eigenvalue weighted by Crippen LogP contribution is 2.37. The van der Waals surface area contributed by atoms with Gasteiger partial charge in [-0.2, -0.15) is 0 Å². The van der Waals surface area contributed by atoms with Crippen LogP contribution < -0.4 is 4.74 Å². The summed E-state index contributed by atoms with van der Waals surface area (Å²) in [4.78, 5) is 10.8. The topological polar surface area (TPSA) is 66.8 Å². The molecule has 86 valence electrons. The number of carbonyl (C=O) groups is 1. The van der Waals surface area contributed by atoms with Crippen LogP contribution in [-0.2, 0) is 4.79 Å². The number of aliphatic carboxylic acids is 1. The molecule has 16 heavy (non-hydrogen) atoms. The zero-order chi connectivity index (χ0) is 11.7. The molecule has 2 unspecified atom stereocenters. The van der Waals surface area contributed by atoms with E-state index in [9.17, 15) is 9.90 Å². The molecule has 1 heterocycles. The van der Waals surface area contributed by atoms with Gasteiger partial charge >= 0.3 is 5.97 Å². The van der Waals surface area contributed by atoms with Gasteiger partial charge in [-0.25, -0.2) is 4.79 Å². The quantitative estimate of drug-likeness (QED) is 0.828. The Hall–Kier alpha value is -1.26. The van der Waals surface area contributed by atoms with Gasteiger partial charge in [0.1, 0.15) is 5.75 Å². The van der Waals surface area contributed by atoms with Gasteiger partial charge in [0.05, 0.1) is 6.61 Å². The number of ether oxygens (including phenoxy) is 1. The van der Waals surface area contributed by atoms with Crippen molar-refractivity contribution in [2.45, 2.75) is 18.4 Å². The molecule has 0 aliphatic carbocycles. The van der Waals surface area contributed by atoms with E-state index in [0.717, 1.165) is 0 Å². The molecule has 4 nitrogen and oxygen atoms in total. The molecule has 0 radical (unpaired) electrons. The van der Waals surface area contributed by atoms with Crippen LogP contribution in [0.5, 0.6) is 5.75 Å². The highest BCUT2D eigenvalue weighted by molar-refractivity contribution is 6.30. The van der Waals surface area contributed by atoms with E-state index >= 15 is 0 Å². The lowest BCUT2D eigenvalue weighted by atomic mass is 9.88. The highest BCUT2D eigenvalue weighted by Gasteiger charge is 2.32. The summed E-state index contributed by atoms with van der Waals surface area (Å²) >= 11 is 5.81. The molecular weight excluding hydrogens is 232 g/mol. The second kappa shape index (κ2) is 4.31. The van der Waals surface area contributed by atoms with Gasteiger partial charge in [-0.15, -0.1) is 0 Å². The van der Waals surface area contributed by atoms with Crippen LogP contribution in [-0.4, -0.2) is 28.9 Å². The highest BCUT2D eigenvalue weighted by atomic mass is 35.5. The van der Waals surface area contributed by atoms with E-state index in [0.29, 0.717) is 29.4 Å². The Kier molecular flexibility index (Phi) is 3.03. The fraction of sp³-hybridized carbons (Fsp3) is 0.364. The van der Waals surface area contributed by atoms with E-state index in [2.05, 4.69) is 0 Å². The van der Waals surface area contributed by atoms with Crippen LogP contribution in [0.25, 0.3) is 0 Å². The molecule has 0 fully saturated rings. The first-order valence-electron chi connectivity index (χ1n) is 4.92. The van der Waals surface area contributed by atoms with Crippen molar-refractivity contribution in [1.82, 2.24) is 0 Å². The molecule has 0 spiro atoms. The second-order valence-electron chi connectivity index (χ2n) is 3.71. The molecule has 0 aromatic heterocycles. The molecule has 1 aromatic carbocycles. The molecule has 0 amide bonds. The van der Waals surface area contributed by atoms with Crippen molar-refractivity contribution in [2.75, 3.05) is 6.61 Å². The molecule has 2 atom stereocenters. The zero-order valence-corrected chi connectivity index (χ0v) is 9.15. The van der Waals surface area contributed by atoms with E-state index in [-0.39, 0.29) is 0 Å². The average molecular weight is 243 g/mol. The van der Waals surface area contributed by atoms with Crippen LogP contribution >= 0.6 is 11.6 Å². The number of carboxylic acid groups (broad SMARTS) is 1. The SMILES string of the molecule is O=C(O)C(O)C1CCOc2cc(Cl)ccc21. The average Bonchev–Trinajstić information content (AvgIpc) is 2.26. The van der Waals surface area contributed by atoms with Crippen molar-refractivity contribution in [3.8, 4) is 5.75 Å². The molecule has 2 rings (SSSR count). The second-order valence-corrected chi connectivity index (χ2v) is 4.15. The molecule has 0 bridgehead atoms. The third-order valence-corrected chi connectivity index (χ3v) is 2.93.